The van der Waals surface area contributed by atoms with Crippen LogP contribution in [0.25, 0.3) is 0 Å². The summed E-state index contributed by atoms with van der Waals surface area (Å²) < 4.78 is 0. The topological polar surface area (TPSA) is 544 Å². The second-order valence-electron chi connectivity index (χ2n) is 23.3. The van der Waals surface area contributed by atoms with Crippen molar-refractivity contribution in [1.82, 2.24) is 46.2 Å². The van der Waals surface area contributed by atoms with E-state index in [9.17, 15) is 68.4 Å². The number of hydrogen-bond acceptors (Lipinski definition) is 17. The van der Waals surface area contributed by atoms with Crippen LogP contribution in [0.4, 0.5) is 0 Å². The molecule has 5 fully saturated rings. The molecule has 33 heteroatoms. The standard InChI is InChI=1S/C56H89N19O14/c57-34(13-6-18-64-54(58)59)45(80)69-35(14-7-19-65-55(60)61)49(84)72-21-9-17-40(72)51(86)73-27-32(77)24-41(73)47(82)67-26-44(79)68-37(22-30-10-2-1-3-11-30)46(81)71-38(29-76)50(85)74-28-33(78)25-43(74)52(87)75-39-16-5-4-12-31(39)23-42(75)48(83)70-36(53(88)89)15-8-20-66-56(62)63/h1-3,10-11,31-43,76-78H,4-9,12-29,57H2,(H,67,82)(H,68,79)(H,69,80)(H,70,83)(H,71,81)(H,88,89)(H4,58,59,64)(H4,60,61,65)(H4,62,63,66)/t31-,32+,33+,34+,35-,36-,37-,38-,39-,40-,41-,42-,43-/m0/s1. The minimum Gasteiger partial charge on any atom is -0.480 e. The summed E-state index contributed by atoms with van der Waals surface area (Å²) in [6, 6.07) is -3.63. The SMILES string of the molecule is NC(N)=NCCC[C@@H](N)C(=O)N[C@@H](CCCN=C(N)N)C(=O)N1CCC[C@H]1C(=O)N1C[C@H](O)C[C@H]1C(=O)NCC(=O)N[C@@H](Cc1ccccc1)C(=O)N[C@@H](CO)C(=O)N1C[C@H](O)C[C@H]1C(=O)N1[C@H](C(=O)N[C@@H](CCCN=C(N)N)C(=O)O)C[C@@H]2CCCC[C@@H]21. The summed E-state index contributed by atoms with van der Waals surface area (Å²) in [5.74, 6) is -8.83. The lowest BCUT2D eigenvalue weighted by Gasteiger charge is -2.37. The van der Waals surface area contributed by atoms with Crippen LogP contribution >= 0.6 is 0 Å². The van der Waals surface area contributed by atoms with Crippen LogP contribution in [0.15, 0.2) is 45.3 Å². The third-order valence-corrected chi connectivity index (χ3v) is 16.8. The molecule has 4 heterocycles. The molecule has 1 aromatic rings. The fraction of sp³-hybridized carbons (Fsp3) is 0.661. The van der Waals surface area contributed by atoms with Crippen LogP contribution in [0.1, 0.15) is 102 Å². The molecule has 1 saturated carbocycles. The first-order chi connectivity index (χ1) is 42.4. The third kappa shape index (κ3) is 19.5. The van der Waals surface area contributed by atoms with Gasteiger partial charge < -0.3 is 107 Å². The highest BCUT2D eigenvalue weighted by Gasteiger charge is 2.53. The molecule has 1 aliphatic carbocycles. The molecule has 13 atom stereocenters. The van der Waals surface area contributed by atoms with Crippen molar-refractivity contribution in [3.05, 3.63) is 35.9 Å². The molecule has 492 valence electrons. The number of aliphatic imine (C=N–C) groups is 3. The lowest BCUT2D eigenvalue weighted by Crippen LogP contribution is -2.60. The Bertz CT molecular complexity index is 2760. The summed E-state index contributed by atoms with van der Waals surface area (Å²) in [6.45, 7) is -1.85. The van der Waals surface area contributed by atoms with E-state index in [0.29, 0.717) is 31.2 Å². The summed E-state index contributed by atoms with van der Waals surface area (Å²) in [7, 11) is 0. The number of carbonyl (C=O) groups is 10. The van der Waals surface area contributed by atoms with Gasteiger partial charge in [-0.15, -0.1) is 0 Å². The monoisotopic (exact) mass is 1250 g/mol. The summed E-state index contributed by atoms with van der Waals surface area (Å²) in [6.07, 6.45) is 1.60. The van der Waals surface area contributed by atoms with Crippen LogP contribution in [-0.2, 0) is 54.4 Å². The van der Waals surface area contributed by atoms with Crippen molar-refractivity contribution in [3.8, 4) is 0 Å². The van der Waals surface area contributed by atoms with Gasteiger partial charge in [0.15, 0.2) is 17.9 Å². The second kappa shape index (κ2) is 33.2. The van der Waals surface area contributed by atoms with E-state index in [4.69, 9.17) is 40.1 Å². The first-order valence-corrected chi connectivity index (χ1v) is 30.3. The number of carbonyl (C=O) groups excluding carboxylic acids is 9. The Hall–Kier alpha value is -8.43. The number of β-amino-alcohol motifs (C(OH)–C–C–N with tert-alkyl or cyclic N) is 2. The van der Waals surface area contributed by atoms with Gasteiger partial charge in [-0.3, -0.25) is 58.1 Å². The zero-order valence-electron chi connectivity index (χ0n) is 49.9. The predicted octanol–water partition coefficient (Wildman–Crippen LogP) is -7.08. The highest BCUT2D eigenvalue weighted by Crippen LogP contribution is 2.41. The number of carboxylic acids is 1. The highest BCUT2D eigenvalue weighted by molar-refractivity contribution is 5.99. The van der Waals surface area contributed by atoms with Gasteiger partial charge in [0, 0.05) is 64.6 Å². The zero-order valence-corrected chi connectivity index (χ0v) is 49.9. The molecule has 4 saturated heterocycles. The van der Waals surface area contributed by atoms with Crippen LogP contribution < -0.4 is 66.7 Å². The molecule has 0 radical (unpaired) electrons. The van der Waals surface area contributed by atoms with Crippen molar-refractivity contribution in [2.45, 2.75) is 175 Å². The Kier molecular flexibility index (Phi) is 26.0. The van der Waals surface area contributed by atoms with Crippen LogP contribution in [0, 0.1) is 5.92 Å². The number of carboxylic acid groups (broad SMARTS) is 1. The van der Waals surface area contributed by atoms with E-state index in [1.165, 1.54) is 9.80 Å². The molecule has 0 unspecified atom stereocenters. The molecule has 89 heavy (non-hydrogen) atoms. The molecule has 1 aromatic carbocycles. The van der Waals surface area contributed by atoms with Crippen molar-refractivity contribution >= 4 is 77.0 Å². The summed E-state index contributed by atoms with van der Waals surface area (Å²) in [5, 5.41) is 55.4. The van der Waals surface area contributed by atoms with Gasteiger partial charge in [0.25, 0.3) is 0 Å². The highest BCUT2D eigenvalue weighted by atomic mass is 16.4. The average Bonchev–Trinajstić information content (AvgIpc) is 2.00. The minimum absolute atomic E-state index is 0.0204. The number of aliphatic carboxylic acids is 1. The number of nitrogens with two attached hydrogens (primary N) is 7. The fourth-order valence-corrected chi connectivity index (χ4v) is 12.4. The molecule has 0 aromatic heterocycles. The number of rotatable bonds is 30. The Labute approximate surface area is 514 Å². The molecule has 23 N–H and O–H groups in total. The summed E-state index contributed by atoms with van der Waals surface area (Å²) >= 11 is 0. The summed E-state index contributed by atoms with van der Waals surface area (Å²) in [5.41, 5.74) is 39.3. The van der Waals surface area contributed by atoms with Gasteiger partial charge in [0.1, 0.15) is 48.3 Å². The van der Waals surface area contributed by atoms with Crippen LogP contribution in [0.2, 0.25) is 0 Å². The Morgan fingerprint density at radius 1 is 0.573 bits per heavy atom. The number of aliphatic hydroxyl groups excluding tert-OH is 3. The van der Waals surface area contributed by atoms with E-state index in [2.05, 4.69) is 41.6 Å². The molecule has 9 amide bonds. The van der Waals surface area contributed by atoms with Gasteiger partial charge in [0.2, 0.25) is 53.2 Å². The number of benzene rings is 1. The first-order valence-electron chi connectivity index (χ1n) is 30.3. The molecule has 0 bridgehead atoms. The average molecular weight is 1250 g/mol. The molecule has 6 rings (SSSR count). The van der Waals surface area contributed by atoms with E-state index in [0.717, 1.165) is 22.6 Å². The van der Waals surface area contributed by atoms with E-state index in [1.807, 2.05) is 0 Å². The van der Waals surface area contributed by atoms with Gasteiger partial charge in [-0.25, -0.2) is 4.79 Å². The van der Waals surface area contributed by atoms with Crippen molar-refractivity contribution < 1.29 is 68.4 Å². The second-order valence-corrected chi connectivity index (χ2v) is 23.3. The molecular formula is C56H89N19O14. The van der Waals surface area contributed by atoms with Gasteiger partial charge in [-0.05, 0) is 82.1 Å². The Morgan fingerprint density at radius 3 is 1.76 bits per heavy atom. The smallest absolute Gasteiger partial charge is 0.326 e. The van der Waals surface area contributed by atoms with Crippen molar-refractivity contribution in [3.63, 3.8) is 0 Å². The normalized spacial score (nSPS) is 23.7. The quantitative estimate of drug-likeness (QED) is 0.0193. The molecular weight excluding hydrogens is 1160 g/mol. The predicted molar refractivity (Wildman–Crippen MR) is 321 cm³/mol. The number of amides is 9. The van der Waals surface area contributed by atoms with Crippen molar-refractivity contribution in [1.29, 1.82) is 0 Å². The minimum atomic E-state index is -1.73. The summed E-state index contributed by atoms with van der Waals surface area (Å²) in [4.78, 5) is 156. The zero-order chi connectivity index (χ0) is 65.1. The maximum atomic E-state index is 14.8. The van der Waals surface area contributed by atoms with Gasteiger partial charge in [-0.2, -0.15) is 0 Å². The Morgan fingerprint density at radius 2 is 1.15 bits per heavy atom. The number of guanidine groups is 3. The van der Waals surface area contributed by atoms with Gasteiger partial charge >= 0.3 is 5.97 Å². The van der Waals surface area contributed by atoms with E-state index < -0.39 is 145 Å². The number of aliphatic hydroxyl groups is 3. The van der Waals surface area contributed by atoms with Crippen LogP contribution in [0.3, 0.4) is 0 Å². The first kappa shape index (κ1) is 69.7. The lowest BCUT2D eigenvalue weighted by molar-refractivity contribution is -0.151. The van der Waals surface area contributed by atoms with Gasteiger partial charge in [0.05, 0.1) is 31.4 Å². The number of hydrogen-bond donors (Lipinski definition) is 16. The van der Waals surface area contributed by atoms with Crippen molar-refractivity contribution in [2.24, 2.45) is 61.0 Å². The number of fused-ring (bicyclic) bond motifs is 1. The molecule has 33 nitrogen and oxygen atoms in total. The Balaban J connectivity index is 1.11. The lowest BCUT2D eigenvalue weighted by atomic mass is 9.84. The van der Waals surface area contributed by atoms with E-state index in [1.54, 1.807) is 30.3 Å². The fourth-order valence-electron chi connectivity index (χ4n) is 12.4. The number of nitrogens with one attached hydrogen (secondary N) is 5. The van der Waals surface area contributed by atoms with Crippen molar-refractivity contribution in [2.75, 3.05) is 52.4 Å². The van der Waals surface area contributed by atoms with Gasteiger partial charge in [-0.1, -0.05) is 43.2 Å². The van der Waals surface area contributed by atoms with Crippen LogP contribution in [0.5, 0.6) is 0 Å². The maximum absolute atomic E-state index is 14.8. The van der Waals surface area contributed by atoms with E-state index >= 15 is 0 Å². The maximum Gasteiger partial charge on any atom is 0.326 e. The third-order valence-electron chi connectivity index (χ3n) is 16.8. The molecule has 0 spiro atoms. The van der Waals surface area contributed by atoms with E-state index in [-0.39, 0.29) is 127 Å². The van der Waals surface area contributed by atoms with Crippen LogP contribution in [-0.4, -0.2) is 242 Å². The number of nitrogens with zero attached hydrogens (tertiary/aromatic N) is 7. The molecule has 5 aliphatic rings. The molecule has 4 aliphatic heterocycles. The largest absolute Gasteiger partial charge is 0.480 e. The number of likely N-dealkylation sites (tertiary alicyclic amines) is 4.